The van der Waals surface area contributed by atoms with Crippen molar-refractivity contribution >= 4 is 48.0 Å². The highest BCUT2D eigenvalue weighted by atomic mass is 16.7. The number of carboxylic acids is 1. The summed E-state index contributed by atoms with van der Waals surface area (Å²) in [4.78, 5) is 92.2. The van der Waals surface area contributed by atoms with Crippen molar-refractivity contribution in [3.05, 3.63) is 71.5 Å². The lowest BCUT2D eigenvalue weighted by molar-refractivity contribution is -0.171. The van der Waals surface area contributed by atoms with Crippen LogP contribution in [-0.4, -0.2) is 97.1 Å². The van der Waals surface area contributed by atoms with Gasteiger partial charge >= 0.3 is 11.9 Å². The van der Waals surface area contributed by atoms with Crippen LogP contribution >= 0.6 is 0 Å². The predicted octanol–water partition coefficient (Wildman–Crippen LogP) is 3.78. The Morgan fingerprint density at radius 2 is 1.68 bits per heavy atom. The molecule has 0 bridgehead atoms. The second-order valence-electron chi connectivity index (χ2n) is 12.1. The van der Waals surface area contributed by atoms with Gasteiger partial charge in [0.25, 0.3) is 11.8 Å². The number of furan rings is 1. The van der Waals surface area contributed by atoms with E-state index in [0.29, 0.717) is 43.2 Å². The summed E-state index contributed by atoms with van der Waals surface area (Å²) in [7, 11) is 2.70. The summed E-state index contributed by atoms with van der Waals surface area (Å²) in [5, 5.41) is 27.7. The Labute approximate surface area is 325 Å². The molecular formula is C39H51N5O12. The van der Waals surface area contributed by atoms with E-state index in [1.54, 1.807) is 45.2 Å². The van der Waals surface area contributed by atoms with E-state index in [0.717, 1.165) is 25.0 Å². The van der Waals surface area contributed by atoms with Crippen LogP contribution in [0.4, 0.5) is 5.69 Å². The van der Waals surface area contributed by atoms with E-state index >= 15 is 0 Å². The number of anilines is 1. The molecule has 3 rings (SSSR count). The smallest absolute Gasteiger partial charge is 0.363 e. The number of hydrogen-bond acceptors (Lipinski definition) is 12. The van der Waals surface area contributed by atoms with Crippen molar-refractivity contribution in [1.82, 2.24) is 21.0 Å². The summed E-state index contributed by atoms with van der Waals surface area (Å²) in [6.45, 7) is 5.40. The fourth-order valence-electron chi connectivity index (χ4n) is 5.61. The lowest BCUT2D eigenvalue weighted by atomic mass is 9.90. The first kappa shape index (κ1) is 45.9. The van der Waals surface area contributed by atoms with E-state index in [1.165, 1.54) is 30.3 Å². The second-order valence-corrected chi connectivity index (χ2v) is 12.1. The van der Waals surface area contributed by atoms with Gasteiger partial charge in [-0.2, -0.15) is 5.06 Å². The number of hydroxylamine groups is 2. The van der Waals surface area contributed by atoms with Gasteiger partial charge in [0.05, 0.1) is 36.4 Å². The number of nitrogens with zero attached hydrogens (tertiary/aromatic N) is 1. The molecule has 0 spiro atoms. The number of aliphatic hydroxyl groups excluding tert-OH is 1. The monoisotopic (exact) mass is 781 g/mol. The van der Waals surface area contributed by atoms with Gasteiger partial charge in [0.15, 0.2) is 5.76 Å². The van der Waals surface area contributed by atoms with Crippen molar-refractivity contribution in [2.45, 2.75) is 71.4 Å². The van der Waals surface area contributed by atoms with Gasteiger partial charge in [-0.1, -0.05) is 45.2 Å². The van der Waals surface area contributed by atoms with Crippen molar-refractivity contribution in [2.24, 2.45) is 5.92 Å². The highest BCUT2D eigenvalue weighted by Crippen LogP contribution is 2.29. The zero-order valence-corrected chi connectivity index (χ0v) is 32.2. The highest BCUT2D eigenvalue weighted by Gasteiger charge is 2.34. The number of benzene rings is 2. The molecule has 0 aliphatic carbocycles. The molecule has 56 heavy (non-hydrogen) atoms. The minimum Gasteiger partial charge on any atom is -0.493 e. The van der Waals surface area contributed by atoms with Crippen molar-refractivity contribution < 1.29 is 57.8 Å². The molecule has 17 nitrogen and oxygen atoms in total. The molecule has 0 radical (unpaired) electrons. The minimum atomic E-state index is -1.41. The fraction of sp³-hybridized carbons (Fsp3) is 0.410. The number of hydrogen-bond donors (Lipinski definition) is 6. The van der Waals surface area contributed by atoms with Crippen molar-refractivity contribution in [3.8, 4) is 17.1 Å². The zero-order valence-electron chi connectivity index (χ0n) is 32.2. The van der Waals surface area contributed by atoms with Crippen LogP contribution in [-0.2, 0) is 24.0 Å². The molecule has 0 saturated carbocycles. The number of ether oxygens (including phenoxy) is 1. The van der Waals surface area contributed by atoms with Crippen LogP contribution in [0.5, 0.6) is 5.75 Å². The van der Waals surface area contributed by atoms with Gasteiger partial charge in [-0.05, 0) is 62.2 Å². The quantitative estimate of drug-likeness (QED) is 0.0348. The molecule has 1 aromatic heterocycles. The van der Waals surface area contributed by atoms with Crippen LogP contribution in [0.2, 0.25) is 0 Å². The number of carbonyl (C=O) groups excluding carboxylic acids is 6. The largest absolute Gasteiger partial charge is 0.493 e. The van der Waals surface area contributed by atoms with E-state index in [4.69, 9.17) is 19.1 Å². The lowest BCUT2D eigenvalue weighted by Crippen LogP contribution is -2.49. The van der Waals surface area contributed by atoms with Gasteiger partial charge in [-0.3, -0.25) is 19.2 Å². The Bertz CT molecular complexity index is 1780. The van der Waals surface area contributed by atoms with Crippen LogP contribution in [0.1, 0.15) is 90.6 Å². The molecule has 4 amide bonds. The van der Waals surface area contributed by atoms with Gasteiger partial charge in [0.1, 0.15) is 23.8 Å². The molecule has 0 aliphatic rings. The number of aliphatic carboxylic acids is 1. The average molecular weight is 782 g/mol. The Balaban J connectivity index is 0.00000532. The summed E-state index contributed by atoms with van der Waals surface area (Å²) in [5.41, 5.74) is 1.37. The van der Waals surface area contributed by atoms with Gasteiger partial charge in [-0.15, -0.1) is 0 Å². The second kappa shape index (κ2) is 24.2. The standard InChI is InChI=1S/C38H47N5O11.CH4O/c1-5-8-9-13-27(30(6-2)43(23-45)54-38(51)25-11-10-12-26(20-25)39-4)34(46)40-22-41-36(48)32-17-16-31(53-32)24-14-15-28(33(21-24)52-7-3)35(47)42-29(18-19-44)37(49)50;1-2/h10-12,14-17,19-21,23,27,29-30,39H,5-9,13,18,22H2,1-4H3,(H,40,46)(H,41,48)(H,42,47)(H,49,50);2H,1H3. The van der Waals surface area contributed by atoms with Crippen LogP contribution in [0.25, 0.3) is 11.3 Å². The summed E-state index contributed by atoms with van der Waals surface area (Å²) >= 11 is 0. The molecule has 3 unspecified atom stereocenters. The maximum Gasteiger partial charge on any atom is 0.363 e. The average Bonchev–Trinajstić information content (AvgIpc) is 3.71. The summed E-state index contributed by atoms with van der Waals surface area (Å²) in [6, 6.07) is 11.8. The topological polar surface area (TPSA) is 243 Å². The molecule has 2 aromatic carbocycles. The van der Waals surface area contributed by atoms with Crippen molar-refractivity contribution in [1.29, 1.82) is 0 Å². The number of aldehydes is 1. The first-order chi connectivity index (χ1) is 27.0. The van der Waals surface area contributed by atoms with E-state index < -0.39 is 54.1 Å². The molecule has 0 saturated heterocycles. The predicted molar refractivity (Wildman–Crippen MR) is 205 cm³/mol. The van der Waals surface area contributed by atoms with Crippen molar-refractivity contribution in [2.75, 3.05) is 32.7 Å². The third-order valence-corrected chi connectivity index (χ3v) is 8.43. The van der Waals surface area contributed by atoms with Gasteiger partial charge in [-0.25, -0.2) is 9.59 Å². The summed E-state index contributed by atoms with van der Waals surface area (Å²) < 4.78 is 11.4. The van der Waals surface area contributed by atoms with Crippen molar-refractivity contribution in [3.63, 3.8) is 0 Å². The third kappa shape index (κ3) is 13.3. The van der Waals surface area contributed by atoms with Crippen LogP contribution in [0, 0.1) is 5.92 Å². The number of amides is 4. The lowest BCUT2D eigenvalue weighted by Gasteiger charge is -2.31. The molecule has 1 heterocycles. The number of rotatable bonds is 23. The van der Waals surface area contributed by atoms with Gasteiger partial charge in [0.2, 0.25) is 12.3 Å². The minimum absolute atomic E-state index is 0.0325. The number of carbonyl (C=O) groups is 7. The van der Waals surface area contributed by atoms with Gasteiger partial charge in [0, 0.05) is 31.8 Å². The molecule has 304 valence electrons. The maximum absolute atomic E-state index is 13.5. The SMILES string of the molecule is CCCCCC(C(=O)NCNC(=O)c1ccc(-c2ccc(C(=O)NC(CC=O)C(=O)O)c(OCC)c2)o1)C(CC)N(C=O)OC(=O)c1cccc(NC)c1.CO. The molecule has 0 fully saturated rings. The number of unbranched alkanes of at least 4 members (excludes halogenated alkanes) is 2. The number of nitrogens with one attached hydrogen (secondary N) is 4. The highest BCUT2D eigenvalue weighted by molar-refractivity contribution is 6.00. The first-order valence-electron chi connectivity index (χ1n) is 18.1. The summed E-state index contributed by atoms with van der Waals surface area (Å²) in [5.74, 6) is -4.43. The maximum atomic E-state index is 13.5. The molecule has 0 aliphatic heterocycles. The van der Waals surface area contributed by atoms with Gasteiger partial charge < -0.3 is 50.3 Å². The Morgan fingerprint density at radius 1 is 0.929 bits per heavy atom. The van der Waals surface area contributed by atoms with E-state index in [9.17, 15) is 38.7 Å². The Kier molecular flexibility index (Phi) is 19.9. The van der Waals surface area contributed by atoms with Crippen LogP contribution in [0.15, 0.2) is 59.0 Å². The molecular weight excluding hydrogens is 730 g/mol. The fourth-order valence-corrected chi connectivity index (χ4v) is 5.61. The van der Waals surface area contributed by atoms with E-state index in [1.807, 2.05) is 6.92 Å². The summed E-state index contributed by atoms with van der Waals surface area (Å²) in [6.07, 6.45) is 3.47. The number of carboxylic acid groups (broad SMARTS) is 1. The third-order valence-electron chi connectivity index (χ3n) is 8.43. The molecule has 17 heteroatoms. The zero-order chi connectivity index (χ0) is 41.6. The Hall–Kier alpha value is -6.23. The van der Waals surface area contributed by atoms with E-state index in [-0.39, 0.29) is 41.7 Å². The van der Waals surface area contributed by atoms with E-state index in [2.05, 4.69) is 21.3 Å². The molecule has 6 N–H and O–H groups in total. The van der Waals surface area contributed by atoms with Crippen LogP contribution < -0.4 is 26.0 Å². The normalized spacial score (nSPS) is 12.0. The first-order valence-corrected chi connectivity index (χ1v) is 18.1. The van der Waals surface area contributed by atoms with Crippen LogP contribution in [0.3, 0.4) is 0 Å². The Morgan fingerprint density at radius 3 is 2.30 bits per heavy atom. The molecule has 3 atom stereocenters. The number of aliphatic hydroxyl groups is 1. The molecule has 3 aromatic rings.